The molecule has 0 unspecified atom stereocenters. The van der Waals surface area contributed by atoms with Crippen LogP contribution in [-0.4, -0.2) is 34.6 Å². The highest BCUT2D eigenvalue weighted by molar-refractivity contribution is 7.12. The zero-order valence-electron chi connectivity index (χ0n) is 15.9. The summed E-state index contributed by atoms with van der Waals surface area (Å²) in [7, 11) is 0. The van der Waals surface area contributed by atoms with Gasteiger partial charge in [-0.25, -0.2) is 9.78 Å². The second-order valence-corrected chi connectivity index (χ2v) is 6.89. The molecule has 0 atom stereocenters. The zero-order valence-corrected chi connectivity index (χ0v) is 16.7. The van der Waals surface area contributed by atoms with Gasteiger partial charge in [-0.1, -0.05) is 6.07 Å². The Kier molecular flexibility index (Phi) is 6.10. The van der Waals surface area contributed by atoms with Crippen LogP contribution < -0.4 is 10.1 Å². The molecule has 0 aliphatic carbocycles. The SMILES string of the molecule is CCOC(=O)Nc1cccc(OCC(=O)c2cc(C)n(-c3nccs3)c2C)c1. The molecule has 7 nitrogen and oxygen atoms in total. The van der Waals surface area contributed by atoms with Crippen molar-refractivity contribution in [2.45, 2.75) is 20.8 Å². The minimum absolute atomic E-state index is 0.106. The molecule has 28 heavy (non-hydrogen) atoms. The topological polar surface area (TPSA) is 82.5 Å². The number of thiazole rings is 1. The number of nitrogens with one attached hydrogen (secondary N) is 1. The number of rotatable bonds is 7. The Hall–Kier alpha value is -3.13. The van der Waals surface area contributed by atoms with Crippen molar-refractivity contribution in [3.05, 3.63) is 58.9 Å². The number of nitrogens with zero attached hydrogens (tertiary/aromatic N) is 2. The van der Waals surface area contributed by atoms with Gasteiger partial charge in [0.15, 0.2) is 11.7 Å². The Balaban J connectivity index is 1.68. The van der Waals surface area contributed by atoms with E-state index in [1.54, 1.807) is 37.4 Å². The van der Waals surface area contributed by atoms with Crippen molar-refractivity contribution >= 4 is 28.9 Å². The third-order valence-corrected chi connectivity index (χ3v) is 4.82. The van der Waals surface area contributed by atoms with Gasteiger partial charge in [-0.05, 0) is 39.0 Å². The average Bonchev–Trinajstić information content (AvgIpc) is 3.28. The van der Waals surface area contributed by atoms with E-state index in [0.29, 0.717) is 17.0 Å². The van der Waals surface area contributed by atoms with Gasteiger partial charge in [0.2, 0.25) is 5.78 Å². The second kappa shape index (κ2) is 8.71. The van der Waals surface area contributed by atoms with E-state index < -0.39 is 6.09 Å². The summed E-state index contributed by atoms with van der Waals surface area (Å²) in [5, 5.41) is 5.33. The number of aryl methyl sites for hydroxylation is 1. The summed E-state index contributed by atoms with van der Waals surface area (Å²) >= 11 is 1.51. The maximum atomic E-state index is 12.7. The van der Waals surface area contributed by atoms with E-state index in [4.69, 9.17) is 9.47 Å². The molecule has 1 aromatic carbocycles. The number of aromatic nitrogens is 2. The number of hydrogen-bond acceptors (Lipinski definition) is 6. The first kappa shape index (κ1) is 19.6. The highest BCUT2D eigenvalue weighted by Crippen LogP contribution is 2.23. The quantitative estimate of drug-likeness (QED) is 0.596. The molecule has 0 radical (unpaired) electrons. The molecule has 0 spiro atoms. The monoisotopic (exact) mass is 399 g/mol. The molecule has 0 fully saturated rings. The van der Waals surface area contributed by atoms with E-state index in [1.807, 2.05) is 29.9 Å². The van der Waals surface area contributed by atoms with Crippen molar-refractivity contribution in [1.29, 1.82) is 0 Å². The molecular weight excluding hydrogens is 378 g/mol. The van der Waals surface area contributed by atoms with Crippen LogP contribution in [0.4, 0.5) is 10.5 Å². The fraction of sp³-hybridized carbons (Fsp3) is 0.250. The maximum absolute atomic E-state index is 12.7. The third-order valence-electron chi connectivity index (χ3n) is 4.07. The lowest BCUT2D eigenvalue weighted by Crippen LogP contribution is -2.14. The minimum Gasteiger partial charge on any atom is -0.485 e. The molecular formula is C20H21N3O4S. The highest BCUT2D eigenvalue weighted by Gasteiger charge is 2.18. The van der Waals surface area contributed by atoms with Crippen LogP contribution in [0.2, 0.25) is 0 Å². The normalized spacial score (nSPS) is 10.5. The Morgan fingerprint density at radius 3 is 2.79 bits per heavy atom. The Labute approximate surface area is 166 Å². The first-order valence-electron chi connectivity index (χ1n) is 8.78. The molecule has 0 aliphatic heterocycles. The number of Topliss-reactive ketones (excluding diaryl/α,β-unsaturated/α-hetero) is 1. The number of ether oxygens (including phenoxy) is 2. The zero-order chi connectivity index (χ0) is 20.1. The first-order chi connectivity index (χ1) is 13.5. The van der Waals surface area contributed by atoms with Gasteiger partial charge in [-0.2, -0.15) is 0 Å². The number of hydrogen-bond donors (Lipinski definition) is 1. The third kappa shape index (κ3) is 4.40. The number of ketones is 1. The summed E-state index contributed by atoms with van der Waals surface area (Å²) in [5.41, 5.74) is 2.91. The molecule has 3 aromatic rings. The second-order valence-electron chi connectivity index (χ2n) is 6.02. The van der Waals surface area contributed by atoms with Gasteiger partial charge < -0.3 is 9.47 Å². The fourth-order valence-corrected chi connectivity index (χ4v) is 3.59. The van der Waals surface area contributed by atoms with Gasteiger partial charge in [-0.3, -0.25) is 14.7 Å². The van der Waals surface area contributed by atoms with Crippen LogP contribution in [0.25, 0.3) is 5.13 Å². The van der Waals surface area contributed by atoms with Crippen LogP contribution >= 0.6 is 11.3 Å². The van der Waals surface area contributed by atoms with Gasteiger partial charge in [0, 0.05) is 40.3 Å². The number of anilines is 1. The Bertz CT molecular complexity index is 980. The predicted molar refractivity (Wildman–Crippen MR) is 108 cm³/mol. The van der Waals surface area contributed by atoms with Crippen LogP contribution in [0.3, 0.4) is 0 Å². The largest absolute Gasteiger partial charge is 0.485 e. The summed E-state index contributed by atoms with van der Waals surface area (Å²) in [6.45, 7) is 5.75. The molecule has 0 saturated carbocycles. The molecule has 1 amide bonds. The van der Waals surface area contributed by atoms with E-state index in [9.17, 15) is 9.59 Å². The van der Waals surface area contributed by atoms with E-state index in [0.717, 1.165) is 16.5 Å². The highest BCUT2D eigenvalue weighted by atomic mass is 32.1. The van der Waals surface area contributed by atoms with Crippen molar-refractivity contribution in [2.75, 3.05) is 18.5 Å². The summed E-state index contributed by atoms with van der Waals surface area (Å²) in [5.74, 6) is 0.357. The molecule has 0 saturated heterocycles. The van der Waals surface area contributed by atoms with Crippen LogP contribution in [-0.2, 0) is 4.74 Å². The van der Waals surface area contributed by atoms with E-state index >= 15 is 0 Å². The summed E-state index contributed by atoms with van der Waals surface area (Å²) < 4.78 is 12.4. The molecule has 1 N–H and O–H groups in total. The van der Waals surface area contributed by atoms with Crippen molar-refractivity contribution in [1.82, 2.24) is 9.55 Å². The molecule has 2 aromatic heterocycles. The standard InChI is InChI=1S/C20H21N3O4S/c1-4-26-20(25)22-15-6-5-7-16(11-15)27-12-18(24)17-10-13(2)23(14(17)3)19-21-8-9-28-19/h5-11H,4,12H2,1-3H3,(H,22,25). The maximum Gasteiger partial charge on any atom is 0.411 e. The average molecular weight is 399 g/mol. The lowest BCUT2D eigenvalue weighted by molar-refractivity contribution is 0.0921. The fourth-order valence-electron chi connectivity index (χ4n) is 2.84. The Morgan fingerprint density at radius 1 is 1.25 bits per heavy atom. The lowest BCUT2D eigenvalue weighted by atomic mass is 10.1. The van der Waals surface area contributed by atoms with E-state index in [-0.39, 0.29) is 19.0 Å². The number of carbonyl (C=O) groups is 2. The smallest absolute Gasteiger partial charge is 0.411 e. The minimum atomic E-state index is -0.537. The molecule has 8 heteroatoms. The summed E-state index contributed by atoms with van der Waals surface area (Å²) in [6, 6.07) is 8.66. The van der Waals surface area contributed by atoms with Crippen LogP contribution in [0.15, 0.2) is 41.9 Å². The van der Waals surface area contributed by atoms with Crippen LogP contribution in [0, 0.1) is 13.8 Å². The molecule has 2 heterocycles. The summed E-state index contributed by atoms with van der Waals surface area (Å²) in [6.07, 6.45) is 1.20. The molecule has 3 rings (SSSR count). The number of amides is 1. The van der Waals surface area contributed by atoms with Gasteiger partial charge in [0.1, 0.15) is 5.75 Å². The number of benzene rings is 1. The molecule has 0 bridgehead atoms. The molecule has 0 aliphatic rings. The summed E-state index contributed by atoms with van der Waals surface area (Å²) in [4.78, 5) is 28.5. The van der Waals surface area contributed by atoms with Gasteiger partial charge >= 0.3 is 6.09 Å². The van der Waals surface area contributed by atoms with E-state index in [1.165, 1.54) is 11.3 Å². The van der Waals surface area contributed by atoms with Gasteiger partial charge in [0.05, 0.1) is 6.61 Å². The van der Waals surface area contributed by atoms with Crippen molar-refractivity contribution in [3.63, 3.8) is 0 Å². The Morgan fingerprint density at radius 2 is 2.07 bits per heavy atom. The van der Waals surface area contributed by atoms with Gasteiger partial charge in [0.25, 0.3) is 0 Å². The van der Waals surface area contributed by atoms with Crippen molar-refractivity contribution < 1.29 is 19.1 Å². The van der Waals surface area contributed by atoms with Crippen molar-refractivity contribution in [3.8, 4) is 10.9 Å². The predicted octanol–water partition coefficient (Wildman–Crippen LogP) is 4.38. The van der Waals surface area contributed by atoms with E-state index in [2.05, 4.69) is 10.3 Å². The van der Waals surface area contributed by atoms with Crippen molar-refractivity contribution in [2.24, 2.45) is 0 Å². The number of carbonyl (C=O) groups excluding carboxylic acids is 2. The van der Waals surface area contributed by atoms with Crippen LogP contribution in [0.1, 0.15) is 28.7 Å². The molecule has 146 valence electrons. The first-order valence-corrected chi connectivity index (χ1v) is 9.66. The van der Waals surface area contributed by atoms with Gasteiger partial charge in [-0.15, -0.1) is 11.3 Å². The lowest BCUT2D eigenvalue weighted by Gasteiger charge is -2.09. The van der Waals surface area contributed by atoms with Crippen LogP contribution in [0.5, 0.6) is 5.75 Å².